The molecule has 0 spiro atoms. The number of hydrogen-bond acceptors (Lipinski definition) is 3. The second-order valence-electron chi connectivity index (χ2n) is 7.27. The Morgan fingerprint density at radius 3 is 2.61 bits per heavy atom. The molecular weight excluding hydrogens is 443 g/mol. The number of hydrogen-bond donors (Lipinski definition) is 1. The Labute approximate surface area is 194 Å². The molecule has 2 aromatic rings. The molecule has 1 atom stereocenters. The Morgan fingerprint density at radius 1 is 1.26 bits per heavy atom. The van der Waals surface area contributed by atoms with Crippen molar-refractivity contribution in [1.82, 2.24) is 0 Å². The van der Waals surface area contributed by atoms with Crippen LogP contribution in [-0.4, -0.2) is 12.6 Å². The van der Waals surface area contributed by atoms with E-state index >= 15 is 0 Å². The maximum absolute atomic E-state index is 14.7. The van der Waals surface area contributed by atoms with E-state index in [0.717, 1.165) is 36.0 Å². The molecule has 3 nitrogen and oxygen atoms in total. The topological polar surface area (TPSA) is 52.3 Å². The number of rotatable bonds is 10. The van der Waals surface area contributed by atoms with Crippen molar-refractivity contribution >= 4 is 30.0 Å². The highest BCUT2D eigenvalue weighted by Crippen LogP contribution is 2.35. The number of unbranched alkanes of at least 4 members (excludes halogenated alkanes) is 2. The van der Waals surface area contributed by atoms with Crippen LogP contribution in [0.2, 0.25) is 5.02 Å². The molecule has 0 radical (unpaired) electrons. The Hall–Kier alpha value is -1.95. The monoisotopic (exact) mass is 471 g/mol. The maximum atomic E-state index is 14.7. The van der Waals surface area contributed by atoms with Crippen molar-refractivity contribution in [1.29, 1.82) is 0 Å². The van der Waals surface area contributed by atoms with E-state index in [1.165, 1.54) is 18.2 Å². The van der Waals surface area contributed by atoms with Gasteiger partial charge in [-0.25, -0.2) is 8.78 Å². The van der Waals surface area contributed by atoms with Gasteiger partial charge < -0.3 is 10.5 Å². The zero-order valence-electron chi connectivity index (χ0n) is 17.8. The number of benzene rings is 2. The van der Waals surface area contributed by atoms with E-state index in [9.17, 15) is 13.6 Å². The third kappa shape index (κ3) is 7.30. The molecule has 0 aliphatic rings. The minimum Gasteiger partial charge on any atom is -0.466 e. The lowest BCUT2D eigenvalue weighted by molar-refractivity contribution is -0.143. The number of ether oxygens (including phenoxy) is 1. The zero-order valence-corrected chi connectivity index (χ0v) is 19.4. The zero-order chi connectivity index (χ0) is 22.3. The third-order valence-corrected chi connectivity index (χ3v) is 5.20. The van der Waals surface area contributed by atoms with Crippen molar-refractivity contribution in [3.05, 3.63) is 70.3 Å². The molecule has 2 N–H and O–H groups in total. The Balaban J connectivity index is 0.00000480. The predicted octanol–water partition coefficient (Wildman–Crippen LogP) is 6.87. The lowest BCUT2D eigenvalue weighted by Gasteiger charge is -2.18. The van der Waals surface area contributed by atoms with Crippen LogP contribution in [0.15, 0.2) is 36.9 Å². The average Bonchev–Trinajstić information content (AvgIpc) is 2.67. The Bertz CT molecular complexity index is 919. The smallest absolute Gasteiger partial charge is 0.307 e. The highest BCUT2D eigenvalue weighted by molar-refractivity contribution is 6.31. The summed E-state index contributed by atoms with van der Waals surface area (Å²) in [5, 5.41) is -0.0943. The van der Waals surface area contributed by atoms with Crippen molar-refractivity contribution in [3.8, 4) is 11.1 Å². The quantitative estimate of drug-likeness (QED) is 0.233. The first-order valence-electron chi connectivity index (χ1n) is 10.1. The average molecular weight is 472 g/mol. The first kappa shape index (κ1) is 27.1. The van der Waals surface area contributed by atoms with E-state index in [-0.39, 0.29) is 41.8 Å². The fourth-order valence-corrected chi connectivity index (χ4v) is 3.79. The van der Waals surface area contributed by atoms with Crippen LogP contribution in [0.4, 0.5) is 8.78 Å². The standard InChI is InChI=1S/C24H28ClF2NO2.ClH/c1-4-6-7-8-9-16-11-18(26)10-15(3)23(16)17-12-19(24(27)20(25)13-17)21(28)14-22(29)30-5-2;/h4,10-13,21H,1,5-9,14,28H2,2-3H3;1H/t21-;/m0./s1. The van der Waals surface area contributed by atoms with Gasteiger partial charge in [0.05, 0.1) is 18.1 Å². The van der Waals surface area contributed by atoms with Gasteiger partial charge in [-0.15, -0.1) is 19.0 Å². The van der Waals surface area contributed by atoms with Gasteiger partial charge in [0.2, 0.25) is 0 Å². The van der Waals surface area contributed by atoms with Crippen molar-refractivity contribution in [3.63, 3.8) is 0 Å². The molecule has 0 saturated carbocycles. The summed E-state index contributed by atoms with van der Waals surface area (Å²) in [6.07, 6.45) is 5.06. The summed E-state index contributed by atoms with van der Waals surface area (Å²) in [4.78, 5) is 11.8. The summed E-state index contributed by atoms with van der Waals surface area (Å²) in [6.45, 7) is 7.44. The van der Waals surface area contributed by atoms with Gasteiger partial charge in [-0.1, -0.05) is 17.7 Å². The molecule has 0 saturated heterocycles. The maximum Gasteiger partial charge on any atom is 0.307 e. The van der Waals surface area contributed by atoms with Crippen LogP contribution >= 0.6 is 24.0 Å². The Morgan fingerprint density at radius 2 is 1.97 bits per heavy atom. The molecule has 0 bridgehead atoms. The van der Waals surface area contributed by atoms with E-state index in [4.69, 9.17) is 22.1 Å². The van der Waals surface area contributed by atoms with Gasteiger partial charge in [0.1, 0.15) is 11.6 Å². The molecule has 0 fully saturated rings. The number of carbonyl (C=O) groups is 1. The lowest BCUT2D eigenvalue weighted by atomic mass is 9.90. The minimum atomic E-state index is -0.904. The molecular formula is C24H29Cl2F2NO2. The normalized spacial score (nSPS) is 11.5. The number of esters is 1. The summed E-state index contributed by atoms with van der Waals surface area (Å²) < 4.78 is 33.7. The predicted molar refractivity (Wildman–Crippen MR) is 125 cm³/mol. The van der Waals surface area contributed by atoms with E-state index in [1.54, 1.807) is 19.9 Å². The fourth-order valence-electron chi connectivity index (χ4n) is 3.56. The van der Waals surface area contributed by atoms with Crippen molar-refractivity contribution < 1.29 is 18.3 Å². The minimum absolute atomic E-state index is 0. The van der Waals surface area contributed by atoms with E-state index < -0.39 is 17.8 Å². The summed E-state index contributed by atoms with van der Waals surface area (Å²) in [6, 6.07) is 5.16. The van der Waals surface area contributed by atoms with Crippen molar-refractivity contribution in [2.24, 2.45) is 5.73 Å². The summed E-state index contributed by atoms with van der Waals surface area (Å²) >= 11 is 6.16. The van der Waals surface area contributed by atoms with E-state index in [0.29, 0.717) is 12.0 Å². The molecule has 31 heavy (non-hydrogen) atoms. The van der Waals surface area contributed by atoms with Gasteiger partial charge in [-0.3, -0.25) is 4.79 Å². The molecule has 0 aliphatic carbocycles. The number of aryl methyl sites for hydroxylation is 2. The van der Waals surface area contributed by atoms with Gasteiger partial charge in [-0.05, 0) is 86.1 Å². The molecule has 2 aromatic carbocycles. The van der Waals surface area contributed by atoms with Crippen LogP contribution in [0.1, 0.15) is 55.3 Å². The molecule has 0 aromatic heterocycles. The number of halogens is 4. The SMILES string of the molecule is C=CCCCCc1cc(F)cc(C)c1-c1cc(Cl)c(F)c([C@@H](N)CC(=O)OCC)c1.Cl. The molecule has 0 unspecified atom stereocenters. The number of allylic oxidation sites excluding steroid dienone is 1. The first-order chi connectivity index (χ1) is 14.3. The summed E-state index contributed by atoms with van der Waals surface area (Å²) in [5.74, 6) is -1.49. The van der Waals surface area contributed by atoms with Crippen molar-refractivity contribution in [2.75, 3.05) is 6.61 Å². The second-order valence-corrected chi connectivity index (χ2v) is 7.68. The summed E-state index contributed by atoms with van der Waals surface area (Å²) in [5.41, 5.74) is 9.22. The lowest BCUT2D eigenvalue weighted by Crippen LogP contribution is -2.18. The van der Waals surface area contributed by atoms with Crippen LogP contribution < -0.4 is 5.73 Å². The molecule has 7 heteroatoms. The number of carbonyl (C=O) groups excluding carboxylic acids is 1. The molecule has 0 aliphatic heterocycles. The van der Waals surface area contributed by atoms with Gasteiger partial charge in [0, 0.05) is 11.6 Å². The van der Waals surface area contributed by atoms with Gasteiger partial charge in [-0.2, -0.15) is 0 Å². The van der Waals surface area contributed by atoms with Crippen LogP contribution in [0.5, 0.6) is 0 Å². The summed E-state index contributed by atoms with van der Waals surface area (Å²) in [7, 11) is 0. The first-order valence-corrected chi connectivity index (χ1v) is 10.5. The van der Waals surface area contributed by atoms with Gasteiger partial charge >= 0.3 is 5.97 Å². The largest absolute Gasteiger partial charge is 0.466 e. The van der Waals surface area contributed by atoms with E-state index in [2.05, 4.69) is 6.58 Å². The molecule has 0 amide bonds. The fraction of sp³-hybridized carbons (Fsp3) is 0.375. The van der Waals surface area contributed by atoms with E-state index in [1.807, 2.05) is 6.08 Å². The number of nitrogens with two attached hydrogens (primary N) is 1. The second kappa shape index (κ2) is 12.8. The van der Waals surface area contributed by atoms with Crippen LogP contribution in [-0.2, 0) is 16.0 Å². The molecule has 0 heterocycles. The van der Waals surface area contributed by atoms with Crippen molar-refractivity contribution in [2.45, 2.75) is 52.0 Å². The third-order valence-electron chi connectivity index (χ3n) is 4.92. The van der Waals surface area contributed by atoms with Gasteiger partial charge in [0.25, 0.3) is 0 Å². The van der Waals surface area contributed by atoms with Crippen LogP contribution in [0.25, 0.3) is 11.1 Å². The highest BCUT2D eigenvalue weighted by atomic mass is 35.5. The van der Waals surface area contributed by atoms with Crippen LogP contribution in [0, 0.1) is 18.6 Å². The molecule has 2 rings (SSSR count). The highest BCUT2D eigenvalue weighted by Gasteiger charge is 2.21. The van der Waals surface area contributed by atoms with Crippen LogP contribution in [0.3, 0.4) is 0 Å². The Kier molecular flexibility index (Phi) is 11.2. The molecule has 170 valence electrons. The van der Waals surface area contributed by atoms with Gasteiger partial charge in [0.15, 0.2) is 0 Å².